The van der Waals surface area contributed by atoms with Gasteiger partial charge in [0.2, 0.25) is 11.9 Å². The molecular formula is C29H35N7O2S. The average molecular weight is 546 g/mol. The van der Waals surface area contributed by atoms with E-state index in [0.717, 1.165) is 36.9 Å². The summed E-state index contributed by atoms with van der Waals surface area (Å²) in [5, 5.41) is 18.1. The number of amides is 2. The molecule has 0 saturated heterocycles. The fourth-order valence-electron chi connectivity index (χ4n) is 4.87. The molecule has 3 aliphatic rings. The van der Waals surface area contributed by atoms with Gasteiger partial charge in [0.15, 0.2) is 5.82 Å². The fourth-order valence-corrected chi connectivity index (χ4v) is 6.11. The molecule has 6 rings (SSSR count). The molecule has 2 heterocycles. The van der Waals surface area contributed by atoms with E-state index in [-0.39, 0.29) is 23.8 Å². The summed E-state index contributed by atoms with van der Waals surface area (Å²) in [5.74, 6) is 1.93. The zero-order valence-corrected chi connectivity index (χ0v) is 23.2. The molecule has 2 fully saturated rings. The number of hydrogen-bond acceptors (Lipinski definition) is 5. The maximum Gasteiger partial charge on any atom is 0.254 e. The van der Waals surface area contributed by atoms with Crippen molar-refractivity contribution in [2.45, 2.75) is 57.9 Å². The highest BCUT2D eigenvalue weighted by Crippen LogP contribution is 2.40. The van der Waals surface area contributed by atoms with Crippen LogP contribution in [-0.2, 0) is 24.7 Å². The summed E-state index contributed by atoms with van der Waals surface area (Å²) in [5.41, 5.74) is 3.77. The lowest BCUT2D eigenvalue weighted by Gasteiger charge is -2.22. The quantitative estimate of drug-likeness (QED) is 0.242. The molecule has 10 heteroatoms. The van der Waals surface area contributed by atoms with Crippen LogP contribution < -0.4 is 21.3 Å². The van der Waals surface area contributed by atoms with E-state index < -0.39 is 0 Å². The summed E-state index contributed by atoms with van der Waals surface area (Å²) < 4.78 is 1.74. The Morgan fingerprint density at radius 3 is 2.54 bits per heavy atom. The smallest absolute Gasteiger partial charge is 0.254 e. The van der Waals surface area contributed by atoms with E-state index in [4.69, 9.17) is 4.99 Å². The van der Waals surface area contributed by atoms with Crippen LogP contribution in [0, 0.1) is 18.8 Å². The molecule has 0 radical (unpaired) electrons. The number of aromatic nitrogens is 2. The van der Waals surface area contributed by atoms with Crippen molar-refractivity contribution in [1.29, 1.82) is 0 Å². The summed E-state index contributed by atoms with van der Waals surface area (Å²) in [7, 11) is 1.88. The maximum atomic E-state index is 13.4. The van der Waals surface area contributed by atoms with Crippen LogP contribution in [-0.4, -0.2) is 40.1 Å². The van der Waals surface area contributed by atoms with E-state index in [9.17, 15) is 9.59 Å². The highest BCUT2D eigenvalue weighted by Gasteiger charge is 2.34. The predicted octanol–water partition coefficient (Wildman–Crippen LogP) is 4.72. The van der Waals surface area contributed by atoms with Gasteiger partial charge in [-0.05, 0) is 75.5 Å². The Kier molecular flexibility index (Phi) is 7.12. The molecule has 1 atom stereocenters. The molecule has 1 unspecified atom stereocenters. The number of fused-ring (bicyclic) bond motifs is 1. The molecule has 2 aromatic heterocycles. The number of guanidine groups is 1. The molecule has 0 spiro atoms. The van der Waals surface area contributed by atoms with Gasteiger partial charge in [0.05, 0.1) is 11.6 Å². The van der Waals surface area contributed by atoms with Crippen molar-refractivity contribution >= 4 is 45.6 Å². The first-order chi connectivity index (χ1) is 18.9. The maximum absolute atomic E-state index is 13.4. The molecule has 39 heavy (non-hydrogen) atoms. The van der Waals surface area contributed by atoms with Crippen molar-refractivity contribution in [2.24, 2.45) is 23.9 Å². The van der Waals surface area contributed by atoms with Gasteiger partial charge in [-0.2, -0.15) is 5.10 Å². The number of benzene rings is 1. The molecule has 2 amide bonds. The molecule has 0 bridgehead atoms. The summed E-state index contributed by atoms with van der Waals surface area (Å²) in [4.78, 5) is 32.3. The molecule has 2 saturated carbocycles. The van der Waals surface area contributed by atoms with Crippen molar-refractivity contribution in [2.75, 3.05) is 22.5 Å². The second kappa shape index (κ2) is 10.8. The van der Waals surface area contributed by atoms with Crippen molar-refractivity contribution in [3.05, 3.63) is 58.1 Å². The Morgan fingerprint density at radius 2 is 1.85 bits per heavy atom. The van der Waals surface area contributed by atoms with E-state index in [0.29, 0.717) is 41.2 Å². The van der Waals surface area contributed by atoms with Gasteiger partial charge in [-0.1, -0.05) is 17.7 Å². The van der Waals surface area contributed by atoms with Gasteiger partial charge in [0.25, 0.3) is 5.91 Å². The Labute approximate surface area is 232 Å². The summed E-state index contributed by atoms with van der Waals surface area (Å²) >= 11 is 1.56. The lowest BCUT2D eigenvalue weighted by molar-refractivity contribution is -0.117. The number of rotatable bonds is 8. The third-order valence-electron chi connectivity index (χ3n) is 7.48. The van der Waals surface area contributed by atoms with Crippen LogP contribution in [0.3, 0.4) is 0 Å². The van der Waals surface area contributed by atoms with Gasteiger partial charge in [-0.25, -0.2) is 4.99 Å². The largest absolute Gasteiger partial charge is 0.352 e. The molecule has 4 N–H and O–H groups in total. The number of thiophene rings is 1. The van der Waals surface area contributed by atoms with Crippen LogP contribution in [0.2, 0.25) is 0 Å². The highest BCUT2D eigenvalue weighted by atomic mass is 32.1. The molecule has 1 aromatic carbocycles. The van der Waals surface area contributed by atoms with Gasteiger partial charge in [0.1, 0.15) is 5.00 Å². The van der Waals surface area contributed by atoms with E-state index in [1.165, 1.54) is 23.3 Å². The van der Waals surface area contributed by atoms with E-state index >= 15 is 0 Å². The zero-order valence-electron chi connectivity index (χ0n) is 22.4. The van der Waals surface area contributed by atoms with Crippen LogP contribution in [0.15, 0.2) is 41.5 Å². The molecule has 3 aliphatic carbocycles. The summed E-state index contributed by atoms with van der Waals surface area (Å²) in [6.45, 7) is 2.75. The number of hydrogen-bond donors (Lipinski definition) is 4. The van der Waals surface area contributed by atoms with Crippen LogP contribution in [0.4, 0.5) is 16.5 Å². The summed E-state index contributed by atoms with van der Waals surface area (Å²) in [6, 6.07) is 10.0. The van der Waals surface area contributed by atoms with E-state index in [1.54, 1.807) is 16.0 Å². The number of aliphatic imine (C=N–C) groups is 1. The first-order valence-electron chi connectivity index (χ1n) is 13.8. The second-order valence-electron chi connectivity index (χ2n) is 11.0. The summed E-state index contributed by atoms with van der Waals surface area (Å²) in [6.07, 6.45) is 8.39. The minimum atomic E-state index is -0.0836. The lowest BCUT2D eigenvalue weighted by atomic mass is 9.91. The first kappa shape index (κ1) is 25.6. The standard InChI is InChI=1S/C29H35N7O2S/c1-17-3-9-20(10-4-17)31-29(33-24-13-14-36(2)35-24)32-21-11-12-23-22(15-21)25(27(38)30-16-18-5-6-18)28(39-23)34-26(37)19-7-8-19/h3-4,9-10,13-14,18-19,21H,5-8,11-12,15-16H2,1-2H3,(H,30,38)(H,34,37)(H2,31,32,33,35). The van der Waals surface area contributed by atoms with Crippen LogP contribution in [0.5, 0.6) is 0 Å². The van der Waals surface area contributed by atoms with Crippen molar-refractivity contribution < 1.29 is 9.59 Å². The van der Waals surface area contributed by atoms with Crippen LogP contribution in [0.1, 0.15) is 58.5 Å². The fraction of sp³-hybridized carbons (Fsp3) is 0.448. The Hall–Kier alpha value is -3.66. The first-order valence-corrected chi connectivity index (χ1v) is 14.6. The Balaban J connectivity index is 1.26. The topological polar surface area (TPSA) is 112 Å². The van der Waals surface area contributed by atoms with Gasteiger partial charge >= 0.3 is 0 Å². The number of aryl methyl sites for hydroxylation is 3. The number of anilines is 3. The van der Waals surface area contributed by atoms with Gasteiger partial charge in [-0.15, -0.1) is 11.3 Å². The molecule has 204 valence electrons. The molecular weight excluding hydrogens is 510 g/mol. The number of nitrogens with one attached hydrogen (secondary N) is 4. The second-order valence-corrected chi connectivity index (χ2v) is 12.1. The van der Waals surface area contributed by atoms with Crippen LogP contribution >= 0.6 is 11.3 Å². The lowest BCUT2D eigenvalue weighted by Crippen LogP contribution is -2.30. The average Bonchev–Trinajstić information content (AvgIpc) is 3.84. The normalized spacial score (nSPS) is 18.8. The van der Waals surface area contributed by atoms with Gasteiger partial charge in [-0.3, -0.25) is 14.3 Å². The highest BCUT2D eigenvalue weighted by molar-refractivity contribution is 7.17. The third-order valence-corrected chi connectivity index (χ3v) is 8.69. The van der Waals surface area contributed by atoms with E-state index in [2.05, 4.69) is 45.4 Å². The number of carbonyl (C=O) groups is 2. The Bertz CT molecular complexity index is 1400. The molecule has 9 nitrogen and oxygen atoms in total. The zero-order chi connectivity index (χ0) is 26.9. The SMILES string of the molecule is Cc1ccc(NC(=NC2CCc3sc(NC(=O)C4CC4)c(C(=O)NCC4CC4)c3C2)Nc2ccn(C)n2)cc1. The van der Waals surface area contributed by atoms with Crippen molar-refractivity contribution in [3.8, 4) is 0 Å². The van der Waals surface area contributed by atoms with Gasteiger partial charge < -0.3 is 21.3 Å². The number of nitrogens with zero attached hydrogens (tertiary/aromatic N) is 3. The van der Waals surface area contributed by atoms with E-state index in [1.807, 2.05) is 31.4 Å². The molecule has 0 aliphatic heterocycles. The molecule has 3 aromatic rings. The van der Waals surface area contributed by atoms with Gasteiger partial charge in [0, 0.05) is 42.3 Å². The minimum absolute atomic E-state index is 0.0294. The monoisotopic (exact) mass is 545 g/mol. The predicted molar refractivity (Wildman–Crippen MR) is 156 cm³/mol. The third kappa shape index (κ3) is 6.33. The Morgan fingerprint density at radius 1 is 1.05 bits per heavy atom. The van der Waals surface area contributed by atoms with Crippen LogP contribution in [0.25, 0.3) is 0 Å². The van der Waals surface area contributed by atoms with Crippen molar-refractivity contribution in [1.82, 2.24) is 15.1 Å². The minimum Gasteiger partial charge on any atom is -0.352 e. The number of carbonyl (C=O) groups excluding carboxylic acids is 2. The van der Waals surface area contributed by atoms with Crippen molar-refractivity contribution in [3.63, 3.8) is 0 Å².